The molecule has 0 amide bonds. The number of aliphatic hydroxyl groups is 2. The van der Waals surface area contributed by atoms with Gasteiger partial charge in [-0.2, -0.15) is 0 Å². The molecule has 0 aromatic heterocycles. The molecule has 0 aromatic rings. The van der Waals surface area contributed by atoms with Crippen molar-refractivity contribution in [3.8, 4) is 0 Å². The van der Waals surface area contributed by atoms with Crippen LogP contribution >= 0.6 is 0 Å². The first-order valence-electron chi connectivity index (χ1n) is 9.69. The third-order valence-corrected chi connectivity index (χ3v) is 8.04. The molecular formula is C22H28O4. The molecule has 1 unspecified atom stereocenters. The summed E-state index contributed by atoms with van der Waals surface area (Å²) in [5, 5.41) is 20.4. The van der Waals surface area contributed by atoms with Crippen LogP contribution in [0.4, 0.5) is 0 Å². The molecule has 0 spiro atoms. The van der Waals surface area contributed by atoms with Crippen molar-refractivity contribution in [3.05, 3.63) is 34.9 Å². The second-order valence-electron chi connectivity index (χ2n) is 9.05. The summed E-state index contributed by atoms with van der Waals surface area (Å²) in [6.45, 7) is 5.95. The number of fused-ring (bicyclic) bond motifs is 5. The number of aliphatic hydroxyl groups excluding tert-OH is 2. The van der Waals surface area contributed by atoms with Crippen molar-refractivity contribution >= 4 is 11.6 Å². The van der Waals surface area contributed by atoms with Gasteiger partial charge in [-0.3, -0.25) is 9.59 Å². The van der Waals surface area contributed by atoms with E-state index >= 15 is 0 Å². The Bertz CT molecular complexity index is 773. The largest absolute Gasteiger partial charge is 0.392 e. The molecular weight excluding hydrogens is 328 g/mol. The summed E-state index contributed by atoms with van der Waals surface area (Å²) in [4.78, 5) is 24.3. The molecule has 0 saturated heterocycles. The summed E-state index contributed by atoms with van der Waals surface area (Å²) in [5.41, 5.74) is 2.80. The van der Waals surface area contributed by atoms with Crippen molar-refractivity contribution in [2.75, 3.05) is 6.61 Å². The number of hydrogen-bond donors (Lipinski definition) is 2. The summed E-state index contributed by atoms with van der Waals surface area (Å²) in [7, 11) is 0. The molecule has 6 atom stereocenters. The van der Waals surface area contributed by atoms with Crippen LogP contribution in [0.15, 0.2) is 34.9 Å². The van der Waals surface area contributed by atoms with E-state index in [1.807, 2.05) is 6.92 Å². The molecule has 0 aromatic carbocycles. The molecule has 2 fully saturated rings. The van der Waals surface area contributed by atoms with E-state index in [1.54, 1.807) is 12.2 Å². The van der Waals surface area contributed by atoms with Gasteiger partial charge in [0, 0.05) is 17.3 Å². The highest BCUT2D eigenvalue weighted by atomic mass is 16.3. The topological polar surface area (TPSA) is 74.6 Å². The number of Topliss-reactive ketones (excluding diaryl/α,β-unsaturated/α-hetero) is 1. The number of ketones is 2. The van der Waals surface area contributed by atoms with Gasteiger partial charge in [-0.15, -0.1) is 0 Å². The lowest BCUT2D eigenvalue weighted by Crippen LogP contribution is -2.50. The summed E-state index contributed by atoms with van der Waals surface area (Å²) in [6, 6.07) is 0. The number of carbonyl (C=O) groups excluding carboxylic acids is 2. The van der Waals surface area contributed by atoms with Crippen molar-refractivity contribution in [1.82, 2.24) is 0 Å². The molecule has 0 heterocycles. The second kappa shape index (κ2) is 5.74. The molecule has 4 nitrogen and oxygen atoms in total. The zero-order chi connectivity index (χ0) is 18.9. The summed E-state index contributed by atoms with van der Waals surface area (Å²) in [5.74, 6) is 0.0715. The number of hydrogen-bond acceptors (Lipinski definition) is 4. The van der Waals surface area contributed by atoms with Crippen molar-refractivity contribution in [2.45, 2.75) is 52.6 Å². The molecule has 2 N–H and O–H groups in total. The molecule has 4 aliphatic carbocycles. The highest BCUT2D eigenvalue weighted by molar-refractivity contribution is 6.02. The van der Waals surface area contributed by atoms with Crippen LogP contribution in [0.1, 0.15) is 46.5 Å². The predicted octanol–water partition coefficient (Wildman–Crippen LogP) is 2.75. The standard InChI is InChI=1S/C22H28O4/c1-12-8-14(24)9-13-10-18(25)20-16-5-4-15(19(26)11-23)21(16,2)7-6-17(20)22(12,13)3/h6,8-9,15-16,18,20,23,25H,4-5,7,10-11H2,1-3H3/t15-,16+,18?,20+,21-,22+/m1/s1. The number of carbonyl (C=O) groups is 2. The first kappa shape index (κ1) is 17.9. The first-order chi connectivity index (χ1) is 12.2. The molecule has 4 rings (SSSR count). The normalized spacial score (nSPS) is 44.3. The van der Waals surface area contributed by atoms with Crippen LogP contribution in [-0.4, -0.2) is 34.5 Å². The van der Waals surface area contributed by atoms with Gasteiger partial charge in [-0.05, 0) is 68.6 Å². The molecule has 0 aliphatic heterocycles. The minimum Gasteiger partial charge on any atom is -0.392 e. The fraction of sp³-hybridized carbons (Fsp3) is 0.636. The van der Waals surface area contributed by atoms with Crippen LogP contribution in [0.25, 0.3) is 0 Å². The van der Waals surface area contributed by atoms with Crippen LogP contribution in [0.3, 0.4) is 0 Å². The molecule has 2 saturated carbocycles. The van der Waals surface area contributed by atoms with E-state index in [-0.39, 0.29) is 40.2 Å². The van der Waals surface area contributed by atoms with Gasteiger partial charge in [-0.1, -0.05) is 24.1 Å². The van der Waals surface area contributed by atoms with Crippen LogP contribution < -0.4 is 0 Å². The quantitative estimate of drug-likeness (QED) is 0.746. The van der Waals surface area contributed by atoms with Gasteiger partial charge in [-0.25, -0.2) is 0 Å². The number of allylic oxidation sites excluding steroid dienone is 4. The van der Waals surface area contributed by atoms with Gasteiger partial charge >= 0.3 is 0 Å². The monoisotopic (exact) mass is 356 g/mol. The minimum atomic E-state index is -0.521. The van der Waals surface area contributed by atoms with E-state index in [0.29, 0.717) is 6.42 Å². The van der Waals surface area contributed by atoms with Gasteiger partial charge in [0.2, 0.25) is 0 Å². The fourth-order valence-electron chi connectivity index (χ4n) is 6.48. The van der Waals surface area contributed by atoms with E-state index < -0.39 is 12.7 Å². The Morgan fingerprint density at radius 3 is 2.69 bits per heavy atom. The average Bonchev–Trinajstić information content (AvgIpc) is 2.94. The summed E-state index contributed by atoms with van der Waals surface area (Å²) in [6.07, 6.45) is 8.13. The zero-order valence-electron chi connectivity index (χ0n) is 15.8. The van der Waals surface area contributed by atoms with Gasteiger partial charge in [0.25, 0.3) is 0 Å². The van der Waals surface area contributed by atoms with E-state index in [4.69, 9.17) is 0 Å². The fourth-order valence-corrected chi connectivity index (χ4v) is 6.48. The van der Waals surface area contributed by atoms with Crippen molar-refractivity contribution < 1.29 is 19.8 Å². The first-order valence-corrected chi connectivity index (χ1v) is 9.69. The van der Waals surface area contributed by atoms with Crippen molar-refractivity contribution in [1.29, 1.82) is 0 Å². The Labute approximate surface area is 154 Å². The van der Waals surface area contributed by atoms with Gasteiger partial charge in [0.15, 0.2) is 11.6 Å². The molecule has 26 heavy (non-hydrogen) atoms. The van der Waals surface area contributed by atoms with Crippen LogP contribution in [0.5, 0.6) is 0 Å². The van der Waals surface area contributed by atoms with Gasteiger partial charge < -0.3 is 10.2 Å². The Morgan fingerprint density at radius 1 is 1.27 bits per heavy atom. The lowest BCUT2D eigenvalue weighted by atomic mass is 9.50. The van der Waals surface area contributed by atoms with Crippen LogP contribution in [0.2, 0.25) is 0 Å². The Hall–Kier alpha value is -1.52. The maximum absolute atomic E-state index is 12.3. The molecule has 0 bridgehead atoms. The van der Waals surface area contributed by atoms with Gasteiger partial charge in [0.1, 0.15) is 6.61 Å². The Kier molecular flexibility index (Phi) is 3.94. The van der Waals surface area contributed by atoms with E-state index in [1.165, 1.54) is 5.57 Å². The Balaban J connectivity index is 1.80. The van der Waals surface area contributed by atoms with Crippen molar-refractivity contribution in [3.63, 3.8) is 0 Å². The predicted molar refractivity (Wildman–Crippen MR) is 98.2 cm³/mol. The lowest BCUT2D eigenvalue weighted by Gasteiger charge is -2.55. The maximum atomic E-state index is 12.3. The van der Waals surface area contributed by atoms with Gasteiger partial charge in [0.05, 0.1) is 6.10 Å². The maximum Gasteiger partial charge on any atom is 0.178 e. The summed E-state index contributed by atoms with van der Waals surface area (Å²) < 4.78 is 0. The van der Waals surface area contributed by atoms with E-state index in [0.717, 1.165) is 30.4 Å². The Morgan fingerprint density at radius 2 is 2.00 bits per heavy atom. The molecule has 4 aliphatic rings. The third-order valence-electron chi connectivity index (χ3n) is 8.04. The van der Waals surface area contributed by atoms with E-state index in [9.17, 15) is 19.8 Å². The highest BCUT2D eigenvalue weighted by Crippen LogP contribution is 2.64. The SMILES string of the molecule is CC1=CC(=O)C=C2CC(O)[C@@H]3C(=CC[C@]4(C)[C@@H](C(=O)CO)CC[C@@H]34)[C@@]12C. The number of rotatable bonds is 2. The third kappa shape index (κ3) is 2.15. The lowest BCUT2D eigenvalue weighted by molar-refractivity contribution is -0.130. The smallest absolute Gasteiger partial charge is 0.178 e. The second-order valence-corrected chi connectivity index (χ2v) is 9.05. The van der Waals surface area contributed by atoms with Crippen LogP contribution in [-0.2, 0) is 9.59 Å². The van der Waals surface area contributed by atoms with Crippen LogP contribution in [0, 0.1) is 28.6 Å². The summed E-state index contributed by atoms with van der Waals surface area (Å²) >= 11 is 0. The molecule has 4 heteroatoms. The van der Waals surface area contributed by atoms with Crippen molar-refractivity contribution in [2.24, 2.45) is 28.6 Å². The van der Waals surface area contributed by atoms with E-state index in [2.05, 4.69) is 19.9 Å². The highest BCUT2D eigenvalue weighted by Gasteiger charge is 2.59. The zero-order valence-corrected chi connectivity index (χ0v) is 15.8. The molecule has 0 radical (unpaired) electrons. The molecule has 140 valence electrons. The average molecular weight is 356 g/mol. The minimum absolute atomic E-state index is 0.0105.